The van der Waals surface area contributed by atoms with E-state index in [1.807, 2.05) is 0 Å². The molecule has 2 N–H and O–H groups in total. The Bertz CT molecular complexity index is 328. The average molecular weight is 211 g/mol. The van der Waals surface area contributed by atoms with Crippen molar-refractivity contribution in [2.75, 3.05) is 6.54 Å². The molecule has 0 aromatic heterocycles. The van der Waals surface area contributed by atoms with Gasteiger partial charge in [-0.3, -0.25) is 4.79 Å². The standard InChI is InChI=1S/C11H14FNO2/c12-10-5-2-1-4-9(10)8-15-11(14)6-3-7-13/h1-2,4-5H,3,6-8,13H2. The maximum atomic E-state index is 13.1. The van der Waals surface area contributed by atoms with Crippen molar-refractivity contribution in [1.29, 1.82) is 0 Å². The highest BCUT2D eigenvalue weighted by molar-refractivity contribution is 5.69. The number of carbonyl (C=O) groups excluding carboxylic acids is 1. The van der Waals surface area contributed by atoms with Gasteiger partial charge in [0.1, 0.15) is 12.4 Å². The third-order valence-corrected chi connectivity index (χ3v) is 1.93. The molecule has 0 aliphatic heterocycles. The van der Waals surface area contributed by atoms with E-state index in [-0.39, 0.29) is 24.8 Å². The summed E-state index contributed by atoms with van der Waals surface area (Å²) >= 11 is 0. The summed E-state index contributed by atoms with van der Waals surface area (Å²) in [5.41, 5.74) is 5.63. The van der Waals surface area contributed by atoms with Gasteiger partial charge in [0.25, 0.3) is 0 Å². The maximum absolute atomic E-state index is 13.1. The fraction of sp³-hybridized carbons (Fsp3) is 0.364. The Labute approximate surface area is 88.0 Å². The zero-order chi connectivity index (χ0) is 11.1. The second-order valence-corrected chi connectivity index (χ2v) is 3.14. The first-order valence-electron chi connectivity index (χ1n) is 4.83. The van der Waals surface area contributed by atoms with Gasteiger partial charge in [0.05, 0.1) is 0 Å². The molecule has 0 radical (unpaired) electrons. The Morgan fingerprint density at radius 3 is 2.80 bits per heavy atom. The lowest BCUT2D eigenvalue weighted by molar-refractivity contribution is -0.145. The van der Waals surface area contributed by atoms with Crippen LogP contribution in [0.5, 0.6) is 0 Å². The van der Waals surface area contributed by atoms with Crippen LogP contribution in [0.15, 0.2) is 24.3 Å². The van der Waals surface area contributed by atoms with Gasteiger partial charge in [0.2, 0.25) is 0 Å². The molecule has 0 bridgehead atoms. The van der Waals surface area contributed by atoms with Gasteiger partial charge in [0.15, 0.2) is 0 Å². The number of halogens is 1. The molecule has 1 rings (SSSR count). The van der Waals surface area contributed by atoms with E-state index >= 15 is 0 Å². The van der Waals surface area contributed by atoms with Crippen molar-refractivity contribution in [1.82, 2.24) is 0 Å². The van der Waals surface area contributed by atoms with Crippen molar-refractivity contribution in [2.45, 2.75) is 19.4 Å². The van der Waals surface area contributed by atoms with Gasteiger partial charge in [-0.15, -0.1) is 0 Å². The van der Waals surface area contributed by atoms with Crippen LogP contribution >= 0.6 is 0 Å². The molecule has 0 fully saturated rings. The number of ether oxygens (including phenoxy) is 1. The fourth-order valence-electron chi connectivity index (χ4n) is 1.09. The SMILES string of the molecule is NCCCC(=O)OCc1ccccc1F. The van der Waals surface area contributed by atoms with Crippen LogP contribution in [0.1, 0.15) is 18.4 Å². The quantitative estimate of drug-likeness (QED) is 0.753. The topological polar surface area (TPSA) is 52.3 Å². The number of benzene rings is 1. The lowest BCUT2D eigenvalue weighted by Gasteiger charge is -2.04. The first-order valence-corrected chi connectivity index (χ1v) is 4.83. The summed E-state index contributed by atoms with van der Waals surface area (Å²) in [6.45, 7) is 0.435. The van der Waals surface area contributed by atoms with Crippen molar-refractivity contribution >= 4 is 5.97 Å². The molecule has 4 heteroatoms. The van der Waals surface area contributed by atoms with Crippen LogP contribution in [0.2, 0.25) is 0 Å². The first kappa shape index (κ1) is 11.7. The normalized spacial score (nSPS) is 10.0. The van der Waals surface area contributed by atoms with E-state index < -0.39 is 0 Å². The summed E-state index contributed by atoms with van der Waals surface area (Å²) in [6, 6.07) is 6.22. The predicted molar refractivity (Wildman–Crippen MR) is 54.5 cm³/mol. The third-order valence-electron chi connectivity index (χ3n) is 1.93. The van der Waals surface area contributed by atoms with Crippen molar-refractivity contribution in [3.05, 3.63) is 35.6 Å². The molecular weight excluding hydrogens is 197 g/mol. The van der Waals surface area contributed by atoms with Crippen molar-refractivity contribution in [2.24, 2.45) is 5.73 Å². The molecule has 1 aromatic rings. The summed E-state index contributed by atoms with van der Waals surface area (Å²) < 4.78 is 18.0. The van der Waals surface area contributed by atoms with Crippen molar-refractivity contribution < 1.29 is 13.9 Å². The van der Waals surface area contributed by atoms with Crippen molar-refractivity contribution in [3.8, 4) is 0 Å². The molecule has 0 aliphatic carbocycles. The van der Waals surface area contributed by atoms with Gasteiger partial charge in [-0.05, 0) is 19.0 Å². The molecule has 0 saturated heterocycles. The van der Waals surface area contributed by atoms with Gasteiger partial charge >= 0.3 is 5.97 Å². The largest absolute Gasteiger partial charge is 0.461 e. The van der Waals surface area contributed by atoms with E-state index in [1.165, 1.54) is 6.07 Å². The Kier molecular flexibility index (Phi) is 4.77. The van der Waals surface area contributed by atoms with Crippen molar-refractivity contribution in [3.63, 3.8) is 0 Å². The summed E-state index contributed by atoms with van der Waals surface area (Å²) in [4.78, 5) is 11.1. The molecule has 0 spiro atoms. The van der Waals surface area contributed by atoms with Crippen LogP contribution in [-0.4, -0.2) is 12.5 Å². The van der Waals surface area contributed by atoms with Crippen LogP contribution in [0.3, 0.4) is 0 Å². The summed E-state index contributed by atoms with van der Waals surface area (Å²) in [5, 5.41) is 0. The average Bonchev–Trinajstić information content (AvgIpc) is 2.25. The highest BCUT2D eigenvalue weighted by Crippen LogP contribution is 2.08. The van der Waals surface area contributed by atoms with Gasteiger partial charge in [-0.1, -0.05) is 18.2 Å². The van der Waals surface area contributed by atoms with Crippen LogP contribution in [0.4, 0.5) is 4.39 Å². The number of nitrogens with two attached hydrogens (primary N) is 1. The molecule has 3 nitrogen and oxygen atoms in total. The zero-order valence-electron chi connectivity index (χ0n) is 8.41. The highest BCUT2D eigenvalue weighted by atomic mass is 19.1. The van der Waals surface area contributed by atoms with E-state index in [0.29, 0.717) is 18.5 Å². The third kappa shape index (κ3) is 4.08. The minimum atomic E-state index is -0.357. The van der Waals surface area contributed by atoms with Gasteiger partial charge in [-0.25, -0.2) is 4.39 Å². The molecule has 15 heavy (non-hydrogen) atoms. The van der Waals surface area contributed by atoms with E-state index in [9.17, 15) is 9.18 Å². The lowest BCUT2D eigenvalue weighted by Crippen LogP contribution is -2.08. The molecule has 0 heterocycles. The molecule has 0 amide bonds. The van der Waals surface area contributed by atoms with Gasteiger partial charge in [0, 0.05) is 12.0 Å². The Balaban J connectivity index is 2.37. The van der Waals surface area contributed by atoms with E-state index in [1.54, 1.807) is 18.2 Å². The molecular formula is C11H14FNO2. The number of hydrogen-bond acceptors (Lipinski definition) is 3. The molecule has 0 unspecified atom stereocenters. The zero-order valence-corrected chi connectivity index (χ0v) is 8.41. The second kappa shape index (κ2) is 6.14. The summed E-state index contributed by atoms with van der Waals surface area (Å²) in [7, 11) is 0. The molecule has 1 aromatic carbocycles. The Morgan fingerprint density at radius 2 is 2.13 bits per heavy atom. The molecule has 0 saturated carbocycles. The summed E-state index contributed by atoms with van der Waals surface area (Å²) in [5.74, 6) is -0.701. The number of carbonyl (C=O) groups is 1. The first-order chi connectivity index (χ1) is 7.24. The van der Waals surface area contributed by atoms with E-state index in [2.05, 4.69) is 0 Å². The molecule has 82 valence electrons. The van der Waals surface area contributed by atoms with Crippen LogP contribution in [0, 0.1) is 5.82 Å². The second-order valence-electron chi connectivity index (χ2n) is 3.14. The monoisotopic (exact) mass is 211 g/mol. The molecule has 0 atom stereocenters. The lowest BCUT2D eigenvalue weighted by atomic mass is 10.2. The summed E-state index contributed by atoms with van der Waals surface area (Å²) in [6.07, 6.45) is 0.876. The minimum absolute atomic E-state index is 0.0178. The number of esters is 1. The van der Waals surface area contributed by atoms with Crippen LogP contribution in [0.25, 0.3) is 0 Å². The minimum Gasteiger partial charge on any atom is -0.461 e. The maximum Gasteiger partial charge on any atom is 0.306 e. The Morgan fingerprint density at radius 1 is 1.40 bits per heavy atom. The number of hydrogen-bond donors (Lipinski definition) is 1. The van der Waals surface area contributed by atoms with E-state index in [4.69, 9.17) is 10.5 Å². The highest BCUT2D eigenvalue weighted by Gasteiger charge is 2.05. The van der Waals surface area contributed by atoms with Gasteiger partial charge < -0.3 is 10.5 Å². The van der Waals surface area contributed by atoms with Gasteiger partial charge in [-0.2, -0.15) is 0 Å². The van der Waals surface area contributed by atoms with Crippen LogP contribution < -0.4 is 5.73 Å². The molecule has 0 aliphatic rings. The van der Waals surface area contributed by atoms with Crippen LogP contribution in [-0.2, 0) is 16.1 Å². The number of rotatable bonds is 5. The smallest absolute Gasteiger partial charge is 0.306 e. The van der Waals surface area contributed by atoms with E-state index in [0.717, 1.165) is 0 Å². The fourth-order valence-corrected chi connectivity index (χ4v) is 1.09. The Hall–Kier alpha value is -1.42. The predicted octanol–water partition coefficient (Wildman–Crippen LogP) is 1.61.